The molecule has 0 atom stereocenters. The van der Waals surface area contributed by atoms with Gasteiger partial charge in [0.25, 0.3) is 0 Å². The maximum atomic E-state index is 11.4. The van der Waals surface area contributed by atoms with Crippen LogP contribution in [0.25, 0.3) is 0 Å². The number of methoxy groups -OCH3 is 1. The monoisotopic (exact) mass is 308 g/mol. The average Bonchev–Trinajstić information content (AvgIpc) is 2.44. The van der Waals surface area contributed by atoms with E-state index in [2.05, 4.69) is 15.3 Å². The molecule has 112 valence electrons. The Bertz CT molecular complexity index is 730. The summed E-state index contributed by atoms with van der Waals surface area (Å²) in [5.41, 5.74) is 6.59. The number of anilines is 2. The summed E-state index contributed by atoms with van der Waals surface area (Å²) in [5.74, 6) is 1.12. The third-order valence-electron chi connectivity index (χ3n) is 2.85. The number of hydrogen-bond donors (Lipinski definition) is 2. The summed E-state index contributed by atoms with van der Waals surface area (Å²) in [6.45, 7) is 0.455. The number of benzene rings is 1. The van der Waals surface area contributed by atoms with E-state index in [0.717, 1.165) is 5.56 Å². The molecule has 8 heteroatoms. The van der Waals surface area contributed by atoms with Crippen LogP contribution in [0.3, 0.4) is 0 Å². The first-order valence-corrected chi connectivity index (χ1v) is 7.98. The smallest absolute Gasteiger partial charge is 0.203 e. The van der Waals surface area contributed by atoms with E-state index in [1.807, 2.05) is 0 Å². The zero-order chi connectivity index (χ0) is 15.5. The Morgan fingerprint density at radius 3 is 2.48 bits per heavy atom. The summed E-state index contributed by atoms with van der Waals surface area (Å²) in [7, 11) is -1.69. The van der Waals surface area contributed by atoms with Gasteiger partial charge in [-0.2, -0.15) is 0 Å². The van der Waals surface area contributed by atoms with Crippen molar-refractivity contribution >= 4 is 21.5 Å². The topological polar surface area (TPSA) is 107 Å². The Balaban J connectivity index is 2.12. The van der Waals surface area contributed by atoms with Crippen LogP contribution in [0.1, 0.15) is 5.56 Å². The average molecular weight is 308 g/mol. The Morgan fingerprint density at radius 1 is 1.24 bits per heavy atom. The summed E-state index contributed by atoms with van der Waals surface area (Å²) in [6.07, 6.45) is 2.52. The van der Waals surface area contributed by atoms with Crippen molar-refractivity contribution in [3.63, 3.8) is 0 Å². The molecule has 1 aromatic carbocycles. The lowest BCUT2D eigenvalue weighted by atomic mass is 10.2. The lowest BCUT2D eigenvalue weighted by Gasteiger charge is -2.11. The summed E-state index contributed by atoms with van der Waals surface area (Å²) in [4.78, 5) is 8.19. The lowest BCUT2D eigenvalue weighted by Crippen LogP contribution is -2.06. The number of rotatable bonds is 5. The second kappa shape index (κ2) is 5.96. The fourth-order valence-corrected chi connectivity index (χ4v) is 2.39. The molecule has 0 spiro atoms. The van der Waals surface area contributed by atoms with E-state index in [4.69, 9.17) is 10.5 Å². The molecule has 2 rings (SSSR count). The Morgan fingerprint density at radius 2 is 1.90 bits per heavy atom. The first-order chi connectivity index (χ1) is 9.91. The van der Waals surface area contributed by atoms with Crippen LogP contribution < -0.4 is 15.8 Å². The van der Waals surface area contributed by atoms with Crippen molar-refractivity contribution in [3.05, 3.63) is 36.2 Å². The van der Waals surface area contributed by atoms with Gasteiger partial charge in [0.05, 0.1) is 12.0 Å². The van der Waals surface area contributed by atoms with Gasteiger partial charge < -0.3 is 15.8 Å². The van der Waals surface area contributed by atoms with Gasteiger partial charge in [-0.1, -0.05) is 12.1 Å². The minimum absolute atomic E-state index is 0.252. The minimum Gasteiger partial charge on any atom is -0.490 e. The number of ether oxygens (including phenoxy) is 1. The first-order valence-electron chi connectivity index (χ1n) is 6.09. The van der Waals surface area contributed by atoms with Crippen molar-refractivity contribution < 1.29 is 13.2 Å². The highest BCUT2D eigenvalue weighted by molar-refractivity contribution is 7.90. The number of nitrogens with zero attached hydrogens (tertiary/aromatic N) is 2. The molecule has 2 aromatic rings. The van der Waals surface area contributed by atoms with E-state index in [9.17, 15) is 8.42 Å². The highest BCUT2D eigenvalue weighted by Gasteiger charge is 2.10. The number of nitrogens with one attached hydrogen (secondary N) is 1. The van der Waals surface area contributed by atoms with Gasteiger partial charge in [0.2, 0.25) is 5.75 Å². The number of aromatic nitrogens is 2. The van der Waals surface area contributed by atoms with E-state index in [1.165, 1.54) is 19.7 Å². The maximum absolute atomic E-state index is 11.4. The van der Waals surface area contributed by atoms with Crippen LogP contribution in [-0.2, 0) is 16.4 Å². The summed E-state index contributed by atoms with van der Waals surface area (Å²) >= 11 is 0. The van der Waals surface area contributed by atoms with Crippen LogP contribution >= 0.6 is 0 Å². The predicted molar refractivity (Wildman–Crippen MR) is 79.9 cm³/mol. The van der Waals surface area contributed by atoms with Gasteiger partial charge in [0.1, 0.15) is 6.33 Å². The molecule has 0 aliphatic rings. The van der Waals surface area contributed by atoms with Gasteiger partial charge in [-0.25, -0.2) is 18.4 Å². The Labute approximate surface area is 123 Å². The Hall–Kier alpha value is -2.35. The van der Waals surface area contributed by atoms with E-state index in [0.29, 0.717) is 18.1 Å². The van der Waals surface area contributed by atoms with Gasteiger partial charge in [0, 0.05) is 12.8 Å². The van der Waals surface area contributed by atoms with Crippen LogP contribution in [0.15, 0.2) is 35.5 Å². The van der Waals surface area contributed by atoms with Crippen LogP contribution in [0.2, 0.25) is 0 Å². The van der Waals surface area contributed by atoms with E-state index in [-0.39, 0.29) is 10.7 Å². The van der Waals surface area contributed by atoms with Gasteiger partial charge in [0.15, 0.2) is 21.5 Å². The molecular weight excluding hydrogens is 292 g/mol. The Kier molecular flexibility index (Phi) is 4.27. The van der Waals surface area contributed by atoms with Gasteiger partial charge in [-0.3, -0.25) is 0 Å². The SMILES string of the molecule is COc1c(N)ncnc1NCc1ccc(S(C)(=O)=O)cc1. The third-order valence-corrected chi connectivity index (χ3v) is 3.98. The van der Waals surface area contributed by atoms with Gasteiger partial charge in [-0.05, 0) is 17.7 Å². The molecule has 0 amide bonds. The molecule has 0 fully saturated rings. The number of hydrogen-bond acceptors (Lipinski definition) is 7. The molecule has 0 unspecified atom stereocenters. The third kappa shape index (κ3) is 3.60. The standard InChI is InChI=1S/C13H16N4O3S/c1-20-11-12(14)16-8-17-13(11)15-7-9-3-5-10(6-4-9)21(2,18)19/h3-6,8H,7H2,1-2H3,(H3,14,15,16,17). The number of nitrogen functional groups attached to an aromatic ring is 1. The van der Waals surface area contributed by atoms with E-state index < -0.39 is 9.84 Å². The molecule has 1 heterocycles. The minimum atomic E-state index is -3.18. The molecular formula is C13H16N4O3S. The number of nitrogens with two attached hydrogens (primary N) is 1. The van der Waals surface area contributed by atoms with E-state index >= 15 is 0 Å². The largest absolute Gasteiger partial charge is 0.490 e. The summed E-state index contributed by atoms with van der Waals surface area (Å²) < 4.78 is 27.9. The predicted octanol–water partition coefficient (Wildman–Crippen LogP) is 1.08. The molecule has 7 nitrogen and oxygen atoms in total. The van der Waals surface area contributed by atoms with Crippen molar-refractivity contribution in [1.82, 2.24) is 9.97 Å². The first kappa shape index (κ1) is 15.0. The molecule has 0 aliphatic carbocycles. The second-order valence-corrected chi connectivity index (χ2v) is 6.43. The lowest BCUT2D eigenvalue weighted by molar-refractivity contribution is 0.415. The molecule has 1 aromatic heterocycles. The second-order valence-electron chi connectivity index (χ2n) is 4.41. The molecule has 0 radical (unpaired) electrons. The highest BCUT2D eigenvalue weighted by Crippen LogP contribution is 2.26. The van der Waals surface area contributed by atoms with Crippen molar-refractivity contribution in [2.24, 2.45) is 0 Å². The van der Waals surface area contributed by atoms with Gasteiger partial charge in [-0.15, -0.1) is 0 Å². The number of sulfone groups is 1. The molecule has 3 N–H and O–H groups in total. The quantitative estimate of drug-likeness (QED) is 0.851. The molecule has 0 aliphatic heterocycles. The van der Waals surface area contributed by atoms with Crippen LogP contribution in [-0.4, -0.2) is 31.8 Å². The molecule has 0 saturated carbocycles. The maximum Gasteiger partial charge on any atom is 0.203 e. The van der Waals surface area contributed by atoms with Crippen molar-refractivity contribution in [1.29, 1.82) is 0 Å². The fraction of sp³-hybridized carbons (Fsp3) is 0.231. The summed E-state index contributed by atoms with van der Waals surface area (Å²) in [6, 6.07) is 6.61. The molecule has 0 bridgehead atoms. The summed E-state index contributed by atoms with van der Waals surface area (Å²) in [5, 5.41) is 3.07. The molecule has 21 heavy (non-hydrogen) atoms. The van der Waals surface area contributed by atoms with Crippen LogP contribution in [0.4, 0.5) is 11.6 Å². The van der Waals surface area contributed by atoms with Crippen molar-refractivity contribution in [2.75, 3.05) is 24.4 Å². The normalized spacial score (nSPS) is 11.1. The van der Waals surface area contributed by atoms with Crippen LogP contribution in [0.5, 0.6) is 5.75 Å². The fourth-order valence-electron chi connectivity index (χ4n) is 1.75. The molecule has 0 saturated heterocycles. The van der Waals surface area contributed by atoms with Crippen LogP contribution in [0, 0.1) is 0 Å². The highest BCUT2D eigenvalue weighted by atomic mass is 32.2. The zero-order valence-electron chi connectivity index (χ0n) is 11.7. The van der Waals surface area contributed by atoms with Crippen molar-refractivity contribution in [2.45, 2.75) is 11.4 Å². The van der Waals surface area contributed by atoms with Crippen molar-refractivity contribution in [3.8, 4) is 5.75 Å². The van der Waals surface area contributed by atoms with Gasteiger partial charge >= 0.3 is 0 Å². The van der Waals surface area contributed by atoms with E-state index in [1.54, 1.807) is 24.3 Å². The zero-order valence-corrected chi connectivity index (χ0v) is 12.5.